The van der Waals surface area contributed by atoms with Crippen molar-refractivity contribution in [1.29, 1.82) is 0 Å². The van der Waals surface area contributed by atoms with Gasteiger partial charge in [0.1, 0.15) is 11.4 Å². The van der Waals surface area contributed by atoms with Crippen molar-refractivity contribution in [3.63, 3.8) is 0 Å². The molecule has 1 aromatic carbocycles. The third-order valence-electron chi connectivity index (χ3n) is 3.54. The first kappa shape index (κ1) is 16.1. The number of nitrogens with one attached hydrogen (secondary N) is 1. The highest BCUT2D eigenvalue weighted by atomic mass is 16.5. The maximum atomic E-state index is 12.4. The second-order valence-electron chi connectivity index (χ2n) is 6.25. The molecule has 0 unspecified atom stereocenters. The summed E-state index contributed by atoms with van der Waals surface area (Å²) in [5.74, 6) is 1.12. The smallest absolute Gasteiger partial charge is 0.255 e. The summed E-state index contributed by atoms with van der Waals surface area (Å²) < 4.78 is 7.53. The number of carbonyl (C=O) groups is 1. The summed E-state index contributed by atoms with van der Waals surface area (Å²) in [7, 11) is 0. The van der Waals surface area contributed by atoms with Gasteiger partial charge in [0.05, 0.1) is 12.3 Å². The van der Waals surface area contributed by atoms with Gasteiger partial charge in [-0.2, -0.15) is 0 Å². The first-order valence-corrected chi connectivity index (χ1v) is 8.01. The van der Waals surface area contributed by atoms with Crippen molar-refractivity contribution >= 4 is 17.2 Å². The van der Waals surface area contributed by atoms with E-state index in [1.165, 1.54) is 0 Å². The van der Waals surface area contributed by atoms with Gasteiger partial charge in [-0.3, -0.25) is 4.79 Å². The number of aromatic nitrogens is 2. The number of pyridine rings is 1. The average Bonchev–Trinajstić information content (AvgIpc) is 2.93. The Hall–Kier alpha value is -2.82. The highest BCUT2D eigenvalue weighted by Crippen LogP contribution is 2.17. The molecule has 0 aliphatic rings. The lowest BCUT2D eigenvalue weighted by Gasteiger charge is -2.10. The molecule has 2 aromatic heterocycles. The highest BCUT2D eigenvalue weighted by molar-refractivity contribution is 6.04. The fraction of sp³-hybridized carbons (Fsp3) is 0.263. The molecule has 1 amide bonds. The Balaban J connectivity index is 1.68. The van der Waals surface area contributed by atoms with Gasteiger partial charge in [-0.25, -0.2) is 4.98 Å². The highest BCUT2D eigenvalue weighted by Gasteiger charge is 2.08. The molecule has 0 saturated heterocycles. The number of rotatable bonds is 5. The summed E-state index contributed by atoms with van der Waals surface area (Å²) in [6.07, 6.45) is 3.76. The van der Waals surface area contributed by atoms with E-state index in [1.54, 1.807) is 12.1 Å². The standard InChI is InChI=1S/C19H21N3O2/c1-13(2)12-24-17-6-4-16(5-7-17)21-19(23)15-8-9-22-11-14(3)20-18(22)10-15/h4-11,13H,12H2,1-3H3,(H,21,23). The van der Waals surface area contributed by atoms with Gasteiger partial charge in [0.2, 0.25) is 0 Å². The Morgan fingerprint density at radius 1 is 1.25 bits per heavy atom. The van der Waals surface area contributed by atoms with E-state index >= 15 is 0 Å². The number of imidazole rings is 1. The number of ether oxygens (including phenoxy) is 1. The molecule has 3 rings (SSSR count). The molecule has 3 aromatic rings. The minimum absolute atomic E-state index is 0.158. The molecule has 0 aliphatic carbocycles. The van der Waals surface area contributed by atoms with E-state index < -0.39 is 0 Å². The molecular weight excluding hydrogens is 302 g/mol. The predicted octanol–water partition coefficient (Wildman–Crippen LogP) is 3.93. The molecular formula is C19H21N3O2. The fourth-order valence-electron chi connectivity index (χ4n) is 2.35. The molecule has 0 aliphatic heterocycles. The molecule has 0 fully saturated rings. The zero-order valence-electron chi connectivity index (χ0n) is 14.1. The van der Waals surface area contributed by atoms with Crippen molar-refractivity contribution in [1.82, 2.24) is 9.38 Å². The van der Waals surface area contributed by atoms with Gasteiger partial charge in [0, 0.05) is 23.6 Å². The molecule has 124 valence electrons. The summed E-state index contributed by atoms with van der Waals surface area (Å²) in [6.45, 7) is 6.81. The molecule has 1 N–H and O–H groups in total. The van der Waals surface area contributed by atoms with Gasteiger partial charge in [-0.15, -0.1) is 0 Å². The van der Waals surface area contributed by atoms with E-state index in [4.69, 9.17) is 4.74 Å². The third kappa shape index (κ3) is 3.74. The van der Waals surface area contributed by atoms with Crippen LogP contribution in [0.15, 0.2) is 48.8 Å². The fourth-order valence-corrected chi connectivity index (χ4v) is 2.35. The van der Waals surface area contributed by atoms with Crippen LogP contribution in [0.4, 0.5) is 5.69 Å². The second kappa shape index (κ2) is 6.74. The summed E-state index contributed by atoms with van der Waals surface area (Å²) in [5, 5.41) is 2.89. The van der Waals surface area contributed by atoms with Gasteiger partial charge < -0.3 is 14.5 Å². The van der Waals surface area contributed by atoms with Gasteiger partial charge in [0.25, 0.3) is 5.91 Å². The Labute approximate surface area is 141 Å². The molecule has 5 heteroatoms. The number of carbonyl (C=O) groups excluding carboxylic acids is 1. The zero-order chi connectivity index (χ0) is 17.1. The van der Waals surface area contributed by atoms with E-state index in [0.29, 0.717) is 18.1 Å². The summed E-state index contributed by atoms with van der Waals surface area (Å²) >= 11 is 0. The van der Waals surface area contributed by atoms with E-state index in [-0.39, 0.29) is 5.91 Å². The number of nitrogens with zero attached hydrogens (tertiary/aromatic N) is 2. The van der Waals surface area contributed by atoms with Gasteiger partial charge >= 0.3 is 0 Å². The number of hydrogen-bond donors (Lipinski definition) is 1. The van der Waals surface area contributed by atoms with Crippen molar-refractivity contribution < 1.29 is 9.53 Å². The van der Waals surface area contributed by atoms with Crippen LogP contribution in [0.25, 0.3) is 5.65 Å². The molecule has 0 atom stereocenters. The average molecular weight is 323 g/mol. The SMILES string of the molecule is Cc1cn2ccc(C(=O)Nc3ccc(OCC(C)C)cc3)cc2n1. The summed E-state index contributed by atoms with van der Waals surface area (Å²) in [4.78, 5) is 16.8. The summed E-state index contributed by atoms with van der Waals surface area (Å²) in [5.41, 5.74) is 2.99. The topological polar surface area (TPSA) is 55.6 Å². The van der Waals surface area contributed by atoms with Crippen molar-refractivity contribution in [3.8, 4) is 5.75 Å². The predicted molar refractivity (Wildman–Crippen MR) is 94.7 cm³/mol. The number of aryl methyl sites for hydroxylation is 1. The minimum atomic E-state index is -0.158. The first-order valence-electron chi connectivity index (χ1n) is 8.01. The van der Waals surface area contributed by atoms with Crippen molar-refractivity contribution in [3.05, 3.63) is 60.0 Å². The van der Waals surface area contributed by atoms with Gasteiger partial charge in [-0.05, 0) is 49.2 Å². The lowest BCUT2D eigenvalue weighted by molar-refractivity contribution is 0.102. The van der Waals surface area contributed by atoms with E-state index in [0.717, 1.165) is 22.8 Å². The van der Waals surface area contributed by atoms with E-state index in [1.807, 2.05) is 48.0 Å². The van der Waals surface area contributed by atoms with Gasteiger partial charge in [-0.1, -0.05) is 13.8 Å². The first-order chi connectivity index (χ1) is 11.5. The minimum Gasteiger partial charge on any atom is -0.493 e. The quantitative estimate of drug-likeness (QED) is 0.774. The molecule has 5 nitrogen and oxygen atoms in total. The molecule has 0 bridgehead atoms. The number of benzene rings is 1. The Kier molecular flexibility index (Phi) is 4.51. The summed E-state index contributed by atoms with van der Waals surface area (Å²) in [6, 6.07) is 11.0. The molecule has 0 spiro atoms. The van der Waals surface area contributed by atoms with Crippen LogP contribution in [0.5, 0.6) is 5.75 Å². The van der Waals surface area contributed by atoms with Gasteiger partial charge in [0.15, 0.2) is 0 Å². The zero-order valence-corrected chi connectivity index (χ0v) is 14.1. The van der Waals surface area contributed by atoms with E-state index in [9.17, 15) is 4.79 Å². The van der Waals surface area contributed by atoms with Crippen LogP contribution in [0.1, 0.15) is 29.9 Å². The van der Waals surface area contributed by atoms with Crippen LogP contribution in [0, 0.1) is 12.8 Å². The normalized spacial score (nSPS) is 11.0. The third-order valence-corrected chi connectivity index (χ3v) is 3.54. The van der Waals surface area contributed by atoms with Crippen LogP contribution >= 0.6 is 0 Å². The lowest BCUT2D eigenvalue weighted by Crippen LogP contribution is -2.12. The molecule has 2 heterocycles. The van der Waals surface area contributed by atoms with E-state index in [2.05, 4.69) is 24.1 Å². The number of fused-ring (bicyclic) bond motifs is 1. The van der Waals surface area contributed by atoms with Crippen LogP contribution in [-0.2, 0) is 0 Å². The van der Waals surface area contributed by atoms with Crippen LogP contribution in [0.3, 0.4) is 0 Å². The van der Waals surface area contributed by atoms with Crippen molar-refractivity contribution in [2.24, 2.45) is 5.92 Å². The lowest BCUT2D eigenvalue weighted by atomic mass is 10.2. The maximum Gasteiger partial charge on any atom is 0.255 e. The Morgan fingerprint density at radius 3 is 2.71 bits per heavy atom. The number of anilines is 1. The molecule has 24 heavy (non-hydrogen) atoms. The monoisotopic (exact) mass is 323 g/mol. The van der Waals surface area contributed by atoms with Crippen LogP contribution in [-0.4, -0.2) is 21.9 Å². The number of hydrogen-bond acceptors (Lipinski definition) is 3. The maximum absolute atomic E-state index is 12.4. The Morgan fingerprint density at radius 2 is 2.00 bits per heavy atom. The Bertz CT molecular complexity index is 851. The number of amides is 1. The molecule has 0 saturated carbocycles. The molecule has 0 radical (unpaired) electrons. The van der Waals surface area contributed by atoms with Crippen molar-refractivity contribution in [2.45, 2.75) is 20.8 Å². The largest absolute Gasteiger partial charge is 0.493 e. The van der Waals surface area contributed by atoms with Crippen LogP contribution < -0.4 is 10.1 Å². The van der Waals surface area contributed by atoms with Crippen molar-refractivity contribution in [2.75, 3.05) is 11.9 Å². The second-order valence-corrected chi connectivity index (χ2v) is 6.25. The van der Waals surface area contributed by atoms with Crippen LogP contribution in [0.2, 0.25) is 0 Å².